The van der Waals surface area contributed by atoms with Gasteiger partial charge in [-0.1, -0.05) is 18.2 Å². The molecule has 36 heavy (non-hydrogen) atoms. The van der Waals surface area contributed by atoms with Gasteiger partial charge in [-0.05, 0) is 37.0 Å². The fraction of sp³-hybridized carbons (Fsp3) is 0.435. The van der Waals surface area contributed by atoms with Gasteiger partial charge in [0.15, 0.2) is 0 Å². The topological polar surface area (TPSA) is 204 Å². The average molecular weight is 522 g/mol. The SMILES string of the molecule is CSCCC(NC(=O)C(Cc1c[nH]c2ccccc12)NC(=O)C(CC(=O)O)NC(=O)C(C)N)C(=O)O. The average Bonchev–Trinajstić information content (AvgIpc) is 3.22. The number of benzene rings is 1. The van der Waals surface area contributed by atoms with Crippen LogP contribution in [-0.4, -0.2) is 81.0 Å². The highest BCUT2D eigenvalue weighted by atomic mass is 32.2. The van der Waals surface area contributed by atoms with Gasteiger partial charge < -0.3 is 36.9 Å². The van der Waals surface area contributed by atoms with Crippen LogP contribution >= 0.6 is 11.8 Å². The van der Waals surface area contributed by atoms with E-state index in [1.165, 1.54) is 18.7 Å². The molecule has 1 aromatic carbocycles. The molecule has 4 atom stereocenters. The number of hydrogen-bond donors (Lipinski definition) is 7. The molecule has 2 rings (SSSR count). The first-order valence-corrected chi connectivity index (χ1v) is 12.6. The fourth-order valence-corrected chi connectivity index (χ4v) is 3.93. The van der Waals surface area contributed by atoms with Crippen molar-refractivity contribution in [2.24, 2.45) is 5.73 Å². The van der Waals surface area contributed by atoms with E-state index in [1.54, 1.807) is 12.5 Å². The van der Waals surface area contributed by atoms with Crippen molar-refractivity contribution < 1.29 is 34.2 Å². The lowest BCUT2D eigenvalue weighted by molar-refractivity contribution is -0.143. The number of carboxylic acid groups (broad SMARTS) is 2. The molecule has 8 N–H and O–H groups in total. The number of thioether (sulfide) groups is 1. The number of aromatic amines is 1. The fourth-order valence-electron chi connectivity index (χ4n) is 3.45. The third kappa shape index (κ3) is 8.27. The third-order valence-corrected chi connectivity index (χ3v) is 6.03. The van der Waals surface area contributed by atoms with Gasteiger partial charge in [0, 0.05) is 23.5 Å². The lowest BCUT2D eigenvalue weighted by Crippen LogP contribution is -2.57. The van der Waals surface area contributed by atoms with Gasteiger partial charge in [0.1, 0.15) is 18.1 Å². The van der Waals surface area contributed by atoms with Gasteiger partial charge in [-0.15, -0.1) is 0 Å². The van der Waals surface area contributed by atoms with Crippen LogP contribution < -0.4 is 21.7 Å². The molecule has 4 unspecified atom stereocenters. The number of fused-ring (bicyclic) bond motifs is 1. The van der Waals surface area contributed by atoms with Crippen molar-refractivity contribution in [3.05, 3.63) is 36.0 Å². The predicted octanol–water partition coefficient (Wildman–Crippen LogP) is -0.176. The third-order valence-electron chi connectivity index (χ3n) is 5.38. The van der Waals surface area contributed by atoms with E-state index in [2.05, 4.69) is 20.9 Å². The maximum absolute atomic E-state index is 13.2. The number of nitrogens with two attached hydrogens (primary N) is 1. The zero-order valence-corrected chi connectivity index (χ0v) is 20.8. The van der Waals surface area contributed by atoms with Crippen molar-refractivity contribution in [3.8, 4) is 0 Å². The van der Waals surface area contributed by atoms with Crippen molar-refractivity contribution in [2.75, 3.05) is 12.0 Å². The Kier molecular flexibility index (Phi) is 10.7. The summed E-state index contributed by atoms with van der Waals surface area (Å²) in [6, 6.07) is 2.38. The highest BCUT2D eigenvalue weighted by Crippen LogP contribution is 2.19. The summed E-state index contributed by atoms with van der Waals surface area (Å²) in [4.78, 5) is 64.2. The highest BCUT2D eigenvalue weighted by molar-refractivity contribution is 7.98. The molecule has 0 saturated carbocycles. The van der Waals surface area contributed by atoms with Crippen LogP contribution in [0.1, 0.15) is 25.3 Å². The molecule has 0 fully saturated rings. The number of rotatable bonds is 14. The Bertz CT molecular complexity index is 1100. The largest absolute Gasteiger partial charge is 0.481 e. The Balaban J connectivity index is 2.32. The van der Waals surface area contributed by atoms with Crippen LogP contribution in [0.2, 0.25) is 0 Å². The van der Waals surface area contributed by atoms with Crippen LogP contribution in [0.25, 0.3) is 10.9 Å². The molecular formula is C23H31N5O7S. The van der Waals surface area contributed by atoms with Gasteiger partial charge in [-0.3, -0.25) is 19.2 Å². The molecule has 2 aromatic rings. The minimum Gasteiger partial charge on any atom is -0.481 e. The Morgan fingerprint density at radius 1 is 0.972 bits per heavy atom. The Hall–Kier alpha value is -3.58. The van der Waals surface area contributed by atoms with Gasteiger partial charge in [-0.25, -0.2) is 4.79 Å². The number of carbonyl (C=O) groups is 5. The van der Waals surface area contributed by atoms with Crippen LogP contribution in [0.3, 0.4) is 0 Å². The molecule has 0 spiro atoms. The minimum atomic E-state index is -1.49. The Labute approximate surface area is 211 Å². The zero-order valence-electron chi connectivity index (χ0n) is 19.9. The predicted molar refractivity (Wildman–Crippen MR) is 134 cm³/mol. The number of hydrogen-bond acceptors (Lipinski definition) is 7. The summed E-state index contributed by atoms with van der Waals surface area (Å²) < 4.78 is 0. The summed E-state index contributed by atoms with van der Waals surface area (Å²) in [5, 5.41) is 26.7. The molecule has 0 radical (unpaired) electrons. The van der Waals surface area contributed by atoms with Crippen LogP contribution in [0.5, 0.6) is 0 Å². The number of aromatic nitrogens is 1. The van der Waals surface area contributed by atoms with E-state index < -0.39 is 60.2 Å². The van der Waals surface area contributed by atoms with Crippen LogP contribution in [0.15, 0.2) is 30.5 Å². The second-order valence-electron chi connectivity index (χ2n) is 8.25. The van der Waals surface area contributed by atoms with E-state index in [0.717, 1.165) is 10.9 Å². The molecule has 0 bridgehead atoms. The normalized spacial score (nSPS) is 14.3. The van der Waals surface area contributed by atoms with E-state index in [9.17, 15) is 34.2 Å². The van der Waals surface area contributed by atoms with Crippen LogP contribution in [0, 0.1) is 0 Å². The number of H-pyrrole nitrogens is 1. The first kappa shape index (κ1) is 28.7. The smallest absolute Gasteiger partial charge is 0.326 e. The molecule has 1 heterocycles. The highest BCUT2D eigenvalue weighted by Gasteiger charge is 2.31. The van der Waals surface area contributed by atoms with Gasteiger partial charge in [0.25, 0.3) is 0 Å². The lowest BCUT2D eigenvalue weighted by atomic mass is 10.0. The molecule has 0 saturated heterocycles. The Morgan fingerprint density at radius 2 is 1.58 bits per heavy atom. The number of nitrogens with one attached hydrogen (secondary N) is 4. The second kappa shape index (κ2) is 13.5. The maximum Gasteiger partial charge on any atom is 0.326 e. The summed E-state index contributed by atoms with van der Waals surface area (Å²) in [5.74, 6) is -4.49. The number of amides is 3. The van der Waals surface area contributed by atoms with Crippen molar-refractivity contribution in [1.29, 1.82) is 0 Å². The first-order valence-electron chi connectivity index (χ1n) is 11.2. The van der Waals surface area contributed by atoms with E-state index in [1.807, 2.05) is 24.3 Å². The summed E-state index contributed by atoms with van der Waals surface area (Å²) >= 11 is 1.42. The molecule has 13 heteroatoms. The molecule has 0 aliphatic carbocycles. The molecular weight excluding hydrogens is 490 g/mol. The number of carbonyl (C=O) groups excluding carboxylic acids is 3. The zero-order chi connectivity index (χ0) is 26.8. The van der Waals surface area contributed by atoms with Gasteiger partial charge >= 0.3 is 11.9 Å². The maximum atomic E-state index is 13.2. The van der Waals surface area contributed by atoms with Gasteiger partial charge in [-0.2, -0.15) is 11.8 Å². The van der Waals surface area contributed by atoms with Crippen LogP contribution in [-0.2, 0) is 30.4 Å². The van der Waals surface area contributed by atoms with E-state index in [4.69, 9.17) is 5.73 Å². The number of aliphatic carboxylic acids is 2. The van der Waals surface area contributed by atoms with Crippen molar-refractivity contribution in [3.63, 3.8) is 0 Å². The standard InChI is InChI=1S/C23H31N5O7S/c1-12(24)20(31)27-18(10-19(29)30)22(33)28-17(21(32)26-16(23(34)35)7-8-36-2)9-13-11-25-15-6-4-3-5-14(13)15/h3-6,11-12,16-18,25H,7-10,24H2,1-2H3,(H,26,32)(H,27,31)(H,28,33)(H,29,30)(H,34,35). The number of carboxylic acids is 2. The molecule has 0 aliphatic rings. The lowest BCUT2D eigenvalue weighted by Gasteiger charge is -2.24. The molecule has 196 valence electrons. The van der Waals surface area contributed by atoms with Gasteiger partial charge in [0.2, 0.25) is 17.7 Å². The van der Waals surface area contributed by atoms with Crippen molar-refractivity contribution in [1.82, 2.24) is 20.9 Å². The summed E-state index contributed by atoms with van der Waals surface area (Å²) in [5.41, 5.74) is 6.99. The Morgan fingerprint density at radius 3 is 2.19 bits per heavy atom. The van der Waals surface area contributed by atoms with Crippen molar-refractivity contribution in [2.45, 2.75) is 50.4 Å². The number of para-hydroxylation sites is 1. The van der Waals surface area contributed by atoms with E-state index in [-0.39, 0.29) is 12.8 Å². The van der Waals surface area contributed by atoms with Crippen molar-refractivity contribution >= 4 is 52.3 Å². The monoisotopic (exact) mass is 521 g/mol. The van der Waals surface area contributed by atoms with E-state index in [0.29, 0.717) is 11.3 Å². The second-order valence-corrected chi connectivity index (χ2v) is 9.24. The molecule has 0 aliphatic heterocycles. The molecule has 12 nitrogen and oxygen atoms in total. The summed E-state index contributed by atoms with van der Waals surface area (Å²) in [7, 11) is 0. The van der Waals surface area contributed by atoms with E-state index >= 15 is 0 Å². The minimum absolute atomic E-state index is 0.0164. The summed E-state index contributed by atoms with van der Waals surface area (Å²) in [6.45, 7) is 1.37. The first-order chi connectivity index (χ1) is 17.0. The van der Waals surface area contributed by atoms with Gasteiger partial charge in [0.05, 0.1) is 12.5 Å². The summed E-state index contributed by atoms with van der Waals surface area (Å²) in [6.07, 6.45) is 2.89. The molecule has 1 aromatic heterocycles. The molecule has 3 amide bonds. The quantitative estimate of drug-likeness (QED) is 0.176. The van der Waals surface area contributed by atoms with Crippen LogP contribution in [0.4, 0.5) is 0 Å².